The highest BCUT2D eigenvalue weighted by atomic mass is 16.7. The van der Waals surface area contributed by atoms with Crippen LogP contribution in [0.2, 0.25) is 0 Å². The number of rotatable bonds is 5. The Morgan fingerprint density at radius 1 is 0.880 bits per heavy atom. The molecule has 0 radical (unpaired) electrons. The highest BCUT2D eigenvalue weighted by molar-refractivity contribution is 5.93. The molecule has 4 heteroatoms. The Kier molecular flexibility index (Phi) is 4.88. The third kappa shape index (κ3) is 3.43. The van der Waals surface area contributed by atoms with E-state index in [-0.39, 0.29) is 6.42 Å². The lowest BCUT2D eigenvalue weighted by Crippen LogP contribution is -2.45. The fourth-order valence-corrected chi connectivity index (χ4v) is 3.46. The molecule has 0 unspecified atom stereocenters. The van der Waals surface area contributed by atoms with Crippen LogP contribution in [0.15, 0.2) is 48.5 Å². The SMILES string of the molecule is CCc1cccc(C2(Cc3ccccc3)OC(=O)CC(=O)O2)c1CC. The average Bonchev–Trinajstić information content (AvgIpc) is 2.60. The Balaban J connectivity index is 2.15. The molecule has 0 amide bonds. The second-order valence-electron chi connectivity index (χ2n) is 6.19. The van der Waals surface area contributed by atoms with Gasteiger partial charge in [-0.2, -0.15) is 0 Å². The number of benzene rings is 2. The van der Waals surface area contributed by atoms with E-state index in [1.54, 1.807) is 0 Å². The Labute approximate surface area is 147 Å². The van der Waals surface area contributed by atoms with Crippen molar-refractivity contribution in [3.63, 3.8) is 0 Å². The first-order chi connectivity index (χ1) is 12.1. The number of esters is 2. The van der Waals surface area contributed by atoms with Crippen LogP contribution in [0.1, 0.15) is 42.5 Å². The number of cyclic esters (lactones) is 2. The van der Waals surface area contributed by atoms with Crippen LogP contribution in [-0.2, 0) is 44.1 Å². The van der Waals surface area contributed by atoms with E-state index in [2.05, 4.69) is 19.9 Å². The van der Waals surface area contributed by atoms with Gasteiger partial charge in [-0.25, -0.2) is 0 Å². The largest absolute Gasteiger partial charge is 0.417 e. The van der Waals surface area contributed by atoms with E-state index in [9.17, 15) is 9.59 Å². The van der Waals surface area contributed by atoms with Crippen LogP contribution in [0.4, 0.5) is 0 Å². The minimum absolute atomic E-state index is 0.297. The number of ether oxygens (including phenoxy) is 2. The molecule has 1 heterocycles. The van der Waals surface area contributed by atoms with Gasteiger partial charge in [-0.1, -0.05) is 62.4 Å². The Hall–Kier alpha value is -2.62. The standard InChI is InChI=1S/C21H22O4/c1-3-16-11-8-12-18(17(16)4-2)21(14-15-9-6-5-7-10-15)24-19(22)13-20(23)25-21/h5-12H,3-4,13-14H2,1-2H3. The molecule has 0 saturated carbocycles. The fraction of sp³-hybridized carbons (Fsp3) is 0.333. The molecule has 4 nitrogen and oxygen atoms in total. The zero-order valence-corrected chi connectivity index (χ0v) is 14.6. The van der Waals surface area contributed by atoms with Crippen LogP contribution in [-0.4, -0.2) is 11.9 Å². The van der Waals surface area contributed by atoms with Crippen molar-refractivity contribution < 1.29 is 19.1 Å². The fourth-order valence-electron chi connectivity index (χ4n) is 3.46. The molecule has 2 aromatic rings. The first-order valence-corrected chi connectivity index (χ1v) is 8.66. The minimum atomic E-state index is -1.40. The lowest BCUT2D eigenvalue weighted by molar-refractivity contribution is -0.249. The smallest absolute Gasteiger partial charge is 0.320 e. The zero-order chi connectivity index (χ0) is 17.9. The van der Waals surface area contributed by atoms with Gasteiger partial charge in [0.25, 0.3) is 5.79 Å². The van der Waals surface area contributed by atoms with Gasteiger partial charge in [-0.3, -0.25) is 9.59 Å². The minimum Gasteiger partial charge on any atom is -0.417 e. The molecule has 2 aromatic carbocycles. The number of hydrogen-bond acceptors (Lipinski definition) is 4. The predicted molar refractivity (Wildman–Crippen MR) is 93.8 cm³/mol. The number of carbonyl (C=O) groups excluding carboxylic acids is 2. The quantitative estimate of drug-likeness (QED) is 0.616. The summed E-state index contributed by atoms with van der Waals surface area (Å²) in [5.41, 5.74) is 3.95. The Morgan fingerprint density at radius 3 is 2.16 bits per heavy atom. The molecular weight excluding hydrogens is 316 g/mol. The van der Waals surface area contributed by atoms with Gasteiger partial charge in [0.1, 0.15) is 6.42 Å². The van der Waals surface area contributed by atoms with Gasteiger partial charge in [0, 0.05) is 5.56 Å². The van der Waals surface area contributed by atoms with Gasteiger partial charge in [0.2, 0.25) is 0 Å². The summed E-state index contributed by atoms with van der Waals surface area (Å²) in [6.45, 7) is 4.14. The van der Waals surface area contributed by atoms with Crippen molar-refractivity contribution in [3.05, 3.63) is 70.8 Å². The molecule has 0 aliphatic carbocycles. The van der Waals surface area contributed by atoms with E-state index in [4.69, 9.17) is 9.47 Å². The van der Waals surface area contributed by atoms with E-state index in [1.807, 2.05) is 42.5 Å². The molecule has 130 valence electrons. The lowest BCUT2D eigenvalue weighted by atomic mass is 9.88. The number of aryl methyl sites for hydroxylation is 1. The zero-order valence-electron chi connectivity index (χ0n) is 14.6. The summed E-state index contributed by atoms with van der Waals surface area (Å²) in [7, 11) is 0. The molecule has 1 aliphatic rings. The van der Waals surface area contributed by atoms with Crippen LogP contribution in [0.3, 0.4) is 0 Å². The van der Waals surface area contributed by atoms with Gasteiger partial charge in [-0.05, 0) is 29.5 Å². The predicted octanol–water partition coefficient (Wildman–Crippen LogP) is 3.70. The summed E-state index contributed by atoms with van der Waals surface area (Å²) in [4.78, 5) is 24.2. The van der Waals surface area contributed by atoms with Gasteiger partial charge < -0.3 is 9.47 Å². The summed E-state index contributed by atoms with van der Waals surface area (Å²) in [5, 5.41) is 0. The maximum absolute atomic E-state index is 12.1. The van der Waals surface area contributed by atoms with Gasteiger partial charge in [-0.15, -0.1) is 0 Å². The van der Waals surface area contributed by atoms with Gasteiger partial charge in [0.15, 0.2) is 0 Å². The summed E-state index contributed by atoms with van der Waals surface area (Å²) in [5.74, 6) is -2.49. The van der Waals surface area contributed by atoms with Gasteiger partial charge >= 0.3 is 11.9 Å². The molecule has 0 atom stereocenters. The van der Waals surface area contributed by atoms with Crippen LogP contribution in [0, 0.1) is 0 Å². The van der Waals surface area contributed by atoms with Crippen molar-refractivity contribution in [1.29, 1.82) is 0 Å². The van der Waals surface area contributed by atoms with Crippen LogP contribution in [0.5, 0.6) is 0 Å². The molecule has 25 heavy (non-hydrogen) atoms. The second-order valence-corrected chi connectivity index (χ2v) is 6.19. The molecule has 1 fully saturated rings. The molecule has 0 bridgehead atoms. The normalized spacial score (nSPS) is 16.2. The van der Waals surface area contributed by atoms with E-state index >= 15 is 0 Å². The molecule has 0 N–H and O–H groups in total. The first kappa shape index (κ1) is 17.2. The van der Waals surface area contributed by atoms with Crippen molar-refractivity contribution in [2.45, 2.75) is 45.3 Å². The Morgan fingerprint density at radius 2 is 1.56 bits per heavy atom. The van der Waals surface area contributed by atoms with Crippen molar-refractivity contribution in [1.82, 2.24) is 0 Å². The third-order valence-corrected chi connectivity index (χ3v) is 4.54. The summed E-state index contributed by atoms with van der Waals surface area (Å²) >= 11 is 0. The molecule has 0 aromatic heterocycles. The first-order valence-electron chi connectivity index (χ1n) is 8.66. The van der Waals surface area contributed by atoms with E-state index < -0.39 is 17.7 Å². The number of carbonyl (C=O) groups is 2. The van der Waals surface area contributed by atoms with Crippen molar-refractivity contribution in [3.8, 4) is 0 Å². The van der Waals surface area contributed by atoms with Crippen LogP contribution >= 0.6 is 0 Å². The van der Waals surface area contributed by atoms with Crippen molar-refractivity contribution in [2.24, 2.45) is 0 Å². The maximum atomic E-state index is 12.1. The maximum Gasteiger partial charge on any atom is 0.320 e. The molecule has 1 aliphatic heterocycles. The van der Waals surface area contributed by atoms with Crippen molar-refractivity contribution >= 4 is 11.9 Å². The molecule has 0 spiro atoms. The van der Waals surface area contributed by atoms with E-state index in [0.717, 1.165) is 29.5 Å². The van der Waals surface area contributed by atoms with Crippen LogP contribution in [0.25, 0.3) is 0 Å². The van der Waals surface area contributed by atoms with E-state index in [1.165, 1.54) is 5.56 Å². The summed E-state index contributed by atoms with van der Waals surface area (Å²) in [6.07, 6.45) is 1.59. The van der Waals surface area contributed by atoms with Crippen LogP contribution < -0.4 is 0 Å². The van der Waals surface area contributed by atoms with Crippen molar-refractivity contribution in [2.75, 3.05) is 0 Å². The summed E-state index contributed by atoms with van der Waals surface area (Å²) in [6, 6.07) is 15.5. The second kappa shape index (κ2) is 7.09. The number of hydrogen-bond donors (Lipinski definition) is 0. The average molecular weight is 338 g/mol. The molecule has 3 rings (SSSR count). The highest BCUT2D eigenvalue weighted by Gasteiger charge is 2.46. The van der Waals surface area contributed by atoms with E-state index in [0.29, 0.717) is 6.42 Å². The van der Waals surface area contributed by atoms with Gasteiger partial charge in [0.05, 0.1) is 6.42 Å². The molecule has 1 saturated heterocycles. The topological polar surface area (TPSA) is 52.6 Å². The molecular formula is C21H22O4. The summed E-state index contributed by atoms with van der Waals surface area (Å²) < 4.78 is 11.4. The third-order valence-electron chi connectivity index (χ3n) is 4.54. The monoisotopic (exact) mass is 338 g/mol. The highest BCUT2D eigenvalue weighted by Crippen LogP contribution is 2.38. The lowest BCUT2D eigenvalue weighted by Gasteiger charge is -2.37. The Bertz CT molecular complexity index is 764.